The highest BCUT2D eigenvalue weighted by Gasteiger charge is 2.32. The first kappa shape index (κ1) is 18.3. The number of thioether (sulfide) groups is 1. The number of benzene rings is 1. The Bertz CT molecular complexity index is 950. The van der Waals surface area contributed by atoms with Gasteiger partial charge >= 0.3 is 5.97 Å². The highest BCUT2D eigenvalue weighted by atomic mass is 32.2. The molecule has 1 atom stereocenters. The van der Waals surface area contributed by atoms with Crippen molar-refractivity contribution in [1.29, 1.82) is 0 Å². The Kier molecular flexibility index (Phi) is 5.31. The Morgan fingerprint density at radius 1 is 1.33 bits per heavy atom. The first-order chi connectivity index (χ1) is 12.9. The molecule has 2 N–H and O–H groups in total. The third-order valence-electron chi connectivity index (χ3n) is 3.46. The van der Waals surface area contributed by atoms with Crippen LogP contribution in [0.4, 0.5) is 5.69 Å². The molecule has 10 nitrogen and oxygen atoms in total. The van der Waals surface area contributed by atoms with E-state index in [2.05, 4.69) is 15.5 Å². The molecule has 1 amide bonds. The minimum Gasteiger partial charge on any atom is -0.481 e. The summed E-state index contributed by atoms with van der Waals surface area (Å²) < 4.78 is 5.57. The number of carboxylic acids is 1. The molecule has 0 spiro atoms. The number of amidine groups is 1. The van der Waals surface area contributed by atoms with Crippen LogP contribution in [0.1, 0.15) is 12.2 Å². The van der Waals surface area contributed by atoms with Gasteiger partial charge in [-0.15, -0.1) is 5.10 Å². The van der Waals surface area contributed by atoms with Crippen LogP contribution in [0.3, 0.4) is 0 Å². The lowest BCUT2D eigenvalue weighted by Gasteiger charge is -1.97. The van der Waals surface area contributed by atoms with E-state index in [9.17, 15) is 19.7 Å². The summed E-state index contributed by atoms with van der Waals surface area (Å²) >= 11 is 0.997. The Morgan fingerprint density at radius 3 is 2.74 bits per heavy atom. The fraction of sp³-hybridized carbons (Fsp3) is 0.125. The number of hydrogen-bond donors (Lipinski definition) is 2. The van der Waals surface area contributed by atoms with Gasteiger partial charge in [-0.3, -0.25) is 19.7 Å². The maximum Gasteiger partial charge on any atom is 0.305 e. The molecular weight excluding hydrogens is 376 g/mol. The molecule has 2 heterocycles. The molecule has 2 aromatic rings. The van der Waals surface area contributed by atoms with Crippen LogP contribution in [-0.2, 0) is 9.59 Å². The Morgan fingerprint density at radius 2 is 2.07 bits per heavy atom. The van der Waals surface area contributed by atoms with Crippen LogP contribution in [0.15, 0.2) is 51.0 Å². The smallest absolute Gasteiger partial charge is 0.305 e. The number of carbonyl (C=O) groups is 2. The second-order valence-corrected chi connectivity index (χ2v) is 6.54. The van der Waals surface area contributed by atoms with E-state index in [0.717, 1.165) is 11.8 Å². The Balaban J connectivity index is 1.64. The minimum absolute atomic E-state index is 0.0137. The van der Waals surface area contributed by atoms with E-state index in [1.807, 2.05) is 0 Å². The highest BCUT2D eigenvalue weighted by molar-refractivity contribution is 8.15. The molecule has 0 bridgehead atoms. The number of carboxylic acid groups (broad SMARTS) is 1. The largest absolute Gasteiger partial charge is 0.481 e. The molecule has 11 heteroatoms. The standard InChI is InChI=1S/C16H12N4O6S/c21-14(22)7-13-15(23)18-16(27-13)19-17-8-11-5-6-12(26-11)9-1-3-10(4-2-9)20(24)25/h1-6,8,13H,7H2,(H,21,22)(H,18,19,23)/b17-8-/t13-/m0/s1. The van der Waals surface area contributed by atoms with Crippen LogP contribution in [0.2, 0.25) is 0 Å². The zero-order valence-electron chi connectivity index (χ0n) is 13.6. The Labute approximate surface area is 156 Å². The number of hydrogen-bond acceptors (Lipinski definition) is 8. The van der Waals surface area contributed by atoms with Crippen LogP contribution >= 0.6 is 11.8 Å². The molecule has 0 unspecified atom stereocenters. The average Bonchev–Trinajstić information content (AvgIpc) is 3.22. The summed E-state index contributed by atoms with van der Waals surface area (Å²) in [5.74, 6) is -0.593. The lowest BCUT2D eigenvalue weighted by atomic mass is 10.1. The van der Waals surface area contributed by atoms with Gasteiger partial charge in [0.15, 0.2) is 5.17 Å². The van der Waals surface area contributed by atoms with Gasteiger partial charge in [0.05, 0.1) is 17.6 Å². The summed E-state index contributed by atoms with van der Waals surface area (Å²) in [6.07, 6.45) is 1.04. The van der Waals surface area contributed by atoms with Gasteiger partial charge in [-0.25, -0.2) is 0 Å². The van der Waals surface area contributed by atoms with Crippen molar-refractivity contribution in [1.82, 2.24) is 5.32 Å². The molecule has 3 rings (SSSR count). The number of furan rings is 1. The minimum atomic E-state index is -1.07. The van der Waals surface area contributed by atoms with Crippen LogP contribution in [-0.4, -0.2) is 38.5 Å². The predicted octanol–water partition coefficient (Wildman–Crippen LogP) is 2.25. The van der Waals surface area contributed by atoms with Gasteiger partial charge in [-0.05, 0) is 24.3 Å². The number of non-ortho nitro benzene ring substituents is 1. The van der Waals surface area contributed by atoms with Crippen molar-refractivity contribution in [2.24, 2.45) is 10.2 Å². The van der Waals surface area contributed by atoms with Gasteiger partial charge in [-0.1, -0.05) is 11.8 Å². The van der Waals surface area contributed by atoms with E-state index < -0.39 is 22.0 Å². The van der Waals surface area contributed by atoms with E-state index >= 15 is 0 Å². The molecule has 27 heavy (non-hydrogen) atoms. The zero-order valence-corrected chi connectivity index (χ0v) is 14.4. The number of carbonyl (C=O) groups excluding carboxylic acids is 1. The number of nitrogens with one attached hydrogen (secondary N) is 1. The van der Waals surface area contributed by atoms with Crippen molar-refractivity contribution in [2.45, 2.75) is 11.7 Å². The number of rotatable bonds is 6. The molecule has 138 valence electrons. The van der Waals surface area contributed by atoms with E-state index in [0.29, 0.717) is 17.1 Å². The van der Waals surface area contributed by atoms with E-state index in [1.165, 1.54) is 18.3 Å². The summed E-state index contributed by atoms with van der Waals surface area (Å²) in [5.41, 5.74) is 0.655. The van der Waals surface area contributed by atoms with Crippen LogP contribution in [0.5, 0.6) is 0 Å². The van der Waals surface area contributed by atoms with E-state index in [-0.39, 0.29) is 17.3 Å². The highest BCUT2D eigenvalue weighted by Crippen LogP contribution is 2.24. The summed E-state index contributed by atoms with van der Waals surface area (Å²) in [7, 11) is 0. The number of amides is 1. The average molecular weight is 388 g/mol. The number of nitro groups is 1. The molecule has 0 radical (unpaired) electrons. The number of aliphatic carboxylic acids is 1. The molecule has 1 fully saturated rings. The van der Waals surface area contributed by atoms with Gasteiger partial charge in [0.25, 0.3) is 5.69 Å². The maximum atomic E-state index is 11.6. The van der Waals surface area contributed by atoms with E-state index in [1.54, 1.807) is 24.3 Å². The van der Waals surface area contributed by atoms with Crippen LogP contribution in [0, 0.1) is 10.1 Å². The van der Waals surface area contributed by atoms with Crippen LogP contribution < -0.4 is 5.32 Å². The quantitative estimate of drug-likeness (QED) is 0.438. The summed E-state index contributed by atoms with van der Waals surface area (Å²) in [6.45, 7) is 0. The zero-order chi connectivity index (χ0) is 19.4. The summed E-state index contributed by atoms with van der Waals surface area (Å²) in [4.78, 5) is 32.4. The molecule has 0 aliphatic carbocycles. The molecular formula is C16H12N4O6S. The van der Waals surface area contributed by atoms with E-state index in [4.69, 9.17) is 9.52 Å². The van der Waals surface area contributed by atoms with Crippen molar-refractivity contribution in [3.8, 4) is 11.3 Å². The molecule has 1 aromatic heterocycles. The topological polar surface area (TPSA) is 147 Å². The second kappa shape index (κ2) is 7.83. The third kappa shape index (κ3) is 4.58. The Hall–Kier alpha value is -3.47. The number of nitro benzene ring substituents is 1. The molecule has 1 saturated heterocycles. The number of nitrogens with zero attached hydrogens (tertiary/aromatic N) is 3. The molecule has 0 saturated carbocycles. The van der Waals surface area contributed by atoms with Gasteiger partial charge in [0.2, 0.25) is 5.91 Å². The lowest BCUT2D eigenvalue weighted by molar-refractivity contribution is -0.384. The van der Waals surface area contributed by atoms with Crippen molar-refractivity contribution in [3.63, 3.8) is 0 Å². The van der Waals surface area contributed by atoms with Crippen LogP contribution in [0.25, 0.3) is 11.3 Å². The predicted molar refractivity (Wildman–Crippen MR) is 97.6 cm³/mol. The van der Waals surface area contributed by atoms with Gasteiger partial charge in [0.1, 0.15) is 16.8 Å². The lowest BCUT2D eigenvalue weighted by Crippen LogP contribution is -2.26. The maximum absolute atomic E-state index is 11.6. The molecule has 1 aliphatic rings. The normalized spacial score (nSPS) is 18.1. The molecule has 1 aromatic carbocycles. The van der Waals surface area contributed by atoms with Crippen molar-refractivity contribution in [3.05, 3.63) is 52.3 Å². The van der Waals surface area contributed by atoms with Gasteiger partial charge in [-0.2, -0.15) is 5.10 Å². The summed E-state index contributed by atoms with van der Waals surface area (Å²) in [6, 6.07) is 9.24. The first-order valence-corrected chi connectivity index (χ1v) is 8.45. The first-order valence-electron chi connectivity index (χ1n) is 7.57. The summed E-state index contributed by atoms with van der Waals surface area (Å²) in [5, 5.41) is 29.0. The van der Waals surface area contributed by atoms with Crippen molar-refractivity contribution >= 4 is 40.7 Å². The SMILES string of the molecule is O=C(O)C[C@@H]1S/C(=N\N=C/c2ccc(-c3ccc([N+](=O)[O-])cc3)o2)NC1=O. The van der Waals surface area contributed by atoms with Crippen molar-refractivity contribution < 1.29 is 24.0 Å². The fourth-order valence-corrected chi connectivity index (χ4v) is 3.12. The van der Waals surface area contributed by atoms with Gasteiger partial charge < -0.3 is 14.8 Å². The van der Waals surface area contributed by atoms with Crippen molar-refractivity contribution in [2.75, 3.05) is 0 Å². The fourth-order valence-electron chi connectivity index (χ4n) is 2.21. The monoisotopic (exact) mass is 388 g/mol. The molecule has 1 aliphatic heterocycles. The van der Waals surface area contributed by atoms with Gasteiger partial charge in [0, 0.05) is 17.7 Å². The second-order valence-electron chi connectivity index (χ2n) is 5.35. The third-order valence-corrected chi connectivity index (χ3v) is 4.53.